The van der Waals surface area contributed by atoms with Crippen molar-refractivity contribution in [3.63, 3.8) is 0 Å². The molecule has 0 atom stereocenters. The molecule has 1 aliphatic rings. The highest BCUT2D eigenvalue weighted by Gasteiger charge is 2.26. The van der Waals surface area contributed by atoms with Gasteiger partial charge in [-0.2, -0.15) is 4.31 Å². The standard InChI is InChI=1S/C23H30N4O4S/c1-16-7-9-19(25-18(3)28)13-21(16)24-15-23(29)26-22-14-20(10-8-17(22)2)32(30,31)27-11-5-4-6-12-27/h7-10,13-14,24H,4-6,11-12,15H2,1-3H3,(H,25,28)(H,26,29). The predicted molar refractivity (Wildman–Crippen MR) is 126 cm³/mol. The van der Waals surface area contributed by atoms with Gasteiger partial charge in [-0.1, -0.05) is 18.6 Å². The highest BCUT2D eigenvalue weighted by molar-refractivity contribution is 7.89. The SMILES string of the molecule is CC(=O)Nc1ccc(C)c(NCC(=O)Nc2cc(S(=O)(=O)N3CCCCC3)ccc2C)c1. The lowest BCUT2D eigenvalue weighted by molar-refractivity contribution is -0.115. The van der Waals surface area contributed by atoms with Crippen molar-refractivity contribution in [1.82, 2.24) is 4.31 Å². The van der Waals surface area contributed by atoms with Gasteiger partial charge in [0, 0.05) is 37.1 Å². The van der Waals surface area contributed by atoms with E-state index in [1.54, 1.807) is 24.3 Å². The van der Waals surface area contributed by atoms with Crippen LogP contribution >= 0.6 is 0 Å². The molecule has 0 aliphatic carbocycles. The lowest BCUT2D eigenvalue weighted by atomic mass is 10.1. The average molecular weight is 459 g/mol. The van der Waals surface area contributed by atoms with E-state index < -0.39 is 10.0 Å². The molecule has 2 aromatic rings. The van der Waals surface area contributed by atoms with E-state index in [0.717, 1.165) is 36.1 Å². The monoisotopic (exact) mass is 458 g/mol. The fraction of sp³-hybridized carbons (Fsp3) is 0.391. The third-order valence-corrected chi connectivity index (χ3v) is 7.33. The third-order valence-electron chi connectivity index (χ3n) is 5.43. The minimum Gasteiger partial charge on any atom is -0.376 e. The molecule has 1 heterocycles. The summed E-state index contributed by atoms with van der Waals surface area (Å²) >= 11 is 0. The normalized spacial score (nSPS) is 14.6. The molecule has 0 unspecified atom stereocenters. The Labute approximate surface area is 189 Å². The van der Waals surface area contributed by atoms with Gasteiger partial charge in [-0.25, -0.2) is 8.42 Å². The largest absolute Gasteiger partial charge is 0.376 e. The number of carbonyl (C=O) groups is 2. The molecule has 2 amide bonds. The Balaban J connectivity index is 1.69. The summed E-state index contributed by atoms with van der Waals surface area (Å²) < 4.78 is 27.4. The number of hydrogen-bond acceptors (Lipinski definition) is 5. The maximum Gasteiger partial charge on any atom is 0.243 e. The van der Waals surface area contributed by atoms with Crippen molar-refractivity contribution in [1.29, 1.82) is 0 Å². The molecule has 0 aromatic heterocycles. The quantitative estimate of drug-likeness (QED) is 0.589. The second-order valence-electron chi connectivity index (χ2n) is 8.05. The van der Waals surface area contributed by atoms with Gasteiger partial charge in [0.1, 0.15) is 0 Å². The number of nitrogens with zero attached hydrogens (tertiary/aromatic N) is 1. The summed E-state index contributed by atoms with van der Waals surface area (Å²) in [6.07, 6.45) is 2.77. The molecule has 0 radical (unpaired) electrons. The molecular weight excluding hydrogens is 428 g/mol. The van der Waals surface area contributed by atoms with Gasteiger partial charge < -0.3 is 16.0 Å². The van der Waals surface area contributed by atoms with Crippen LogP contribution in [0.25, 0.3) is 0 Å². The second kappa shape index (κ2) is 10.1. The Bertz CT molecular complexity index is 1110. The summed E-state index contributed by atoms with van der Waals surface area (Å²) in [4.78, 5) is 24.0. The third kappa shape index (κ3) is 5.86. The number of benzene rings is 2. The number of piperidine rings is 1. The van der Waals surface area contributed by atoms with E-state index in [0.29, 0.717) is 24.5 Å². The number of nitrogens with one attached hydrogen (secondary N) is 3. The van der Waals surface area contributed by atoms with Crippen LogP contribution in [0.15, 0.2) is 41.3 Å². The Morgan fingerprint density at radius 3 is 2.25 bits per heavy atom. The van der Waals surface area contributed by atoms with Crippen LogP contribution in [0.4, 0.5) is 17.1 Å². The van der Waals surface area contributed by atoms with Crippen molar-refractivity contribution in [3.05, 3.63) is 47.5 Å². The van der Waals surface area contributed by atoms with E-state index in [4.69, 9.17) is 0 Å². The van der Waals surface area contributed by atoms with Crippen molar-refractivity contribution in [2.45, 2.75) is 44.9 Å². The van der Waals surface area contributed by atoms with E-state index in [9.17, 15) is 18.0 Å². The number of carbonyl (C=O) groups excluding carboxylic acids is 2. The van der Waals surface area contributed by atoms with Crippen molar-refractivity contribution < 1.29 is 18.0 Å². The number of rotatable bonds is 7. The van der Waals surface area contributed by atoms with Crippen LogP contribution in [0.2, 0.25) is 0 Å². The Morgan fingerprint density at radius 1 is 0.906 bits per heavy atom. The highest BCUT2D eigenvalue weighted by atomic mass is 32.2. The molecule has 172 valence electrons. The number of anilines is 3. The van der Waals surface area contributed by atoms with Crippen LogP contribution in [-0.2, 0) is 19.6 Å². The van der Waals surface area contributed by atoms with E-state index in [1.165, 1.54) is 17.3 Å². The van der Waals surface area contributed by atoms with Gasteiger partial charge in [0.25, 0.3) is 0 Å². The maximum atomic E-state index is 13.0. The molecule has 8 nitrogen and oxygen atoms in total. The van der Waals surface area contributed by atoms with Crippen molar-refractivity contribution >= 4 is 38.9 Å². The summed E-state index contributed by atoms with van der Waals surface area (Å²) in [5, 5.41) is 8.60. The zero-order chi connectivity index (χ0) is 23.3. The summed E-state index contributed by atoms with van der Waals surface area (Å²) in [5.74, 6) is -0.475. The maximum absolute atomic E-state index is 13.0. The van der Waals surface area contributed by atoms with Crippen LogP contribution in [0.1, 0.15) is 37.3 Å². The second-order valence-corrected chi connectivity index (χ2v) is 9.99. The first-order chi connectivity index (χ1) is 15.2. The van der Waals surface area contributed by atoms with E-state index in [-0.39, 0.29) is 23.3 Å². The summed E-state index contributed by atoms with van der Waals surface area (Å²) in [6, 6.07) is 10.2. The van der Waals surface area contributed by atoms with Crippen molar-refractivity contribution in [2.75, 3.05) is 35.6 Å². The van der Waals surface area contributed by atoms with Crippen LogP contribution < -0.4 is 16.0 Å². The topological polar surface area (TPSA) is 108 Å². The van der Waals surface area contributed by atoms with Gasteiger partial charge in [0.05, 0.1) is 11.4 Å². The number of hydrogen-bond donors (Lipinski definition) is 3. The fourth-order valence-corrected chi connectivity index (χ4v) is 5.16. The van der Waals surface area contributed by atoms with Gasteiger partial charge in [-0.3, -0.25) is 9.59 Å². The summed E-state index contributed by atoms with van der Waals surface area (Å²) in [7, 11) is -3.58. The molecule has 1 aliphatic heterocycles. The molecule has 3 rings (SSSR count). The Kier molecular flexibility index (Phi) is 7.52. The van der Waals surface area contributed by atoms with Crippen LogP contribution in [0, 0.1) is 13.8 Å². The smallest absolute Gasteiger partial charge is 0.243 e. The average Bonchev–Trinajstić information content (AvgIpc) is 2.75. The number of aryl methyl sites for hydroxylation is 2. The molecular formula is C23H30N4O4S. The van der Waals surface area contributed by atoms with Gasteiger partial charge in [-0.05, 0) is 62.1 Å². The molecule has 3 N–H and O–H groups in total. The molecule has 1 saturated heterocycles. The number of amides is 2. The lowest BCUT2D eigenvalue weighted by Crippen LogP contribution is -2.35. The van der Waals surface area contributed by atoms with Gasteiger partial charge in [-0.15, -0.1) is 0 Å². The molecule has 32 heavy (non-hydrogen) atoms. The Hall–Kier alpha value is -2.91. The van der Waals surface area contributed by atoms with Crippen LogP contribution in [0.5, 0.6) is 0 Å². The first kappa shape index (κ1) is 23.7. The molecule has 0 saturated carbocycles. The number of sulfonamides is 1. The highest BCUT2D eigenvalue weighted by Crippen LogP contribution is 2.25. The van der Waals surface area contributed by atoms with E-state index >= 15 is 0 Å². The van der Waals surface area contributed by atoms with Crippen LogP contribution in [-0.4, -0.2) is 44.2 Å². The Morgan fingerprint density at radius 2 is 1.56 bits per heavy atom. The van der Waals surface area contributed by atoms with Crippen molar-refractivity contribution in [2.24, 2.45) is 0 Å². The molecule has 0 spiro atoms. The summed E-state index contributed by atoms with van der Waals surface area (Å²) in [6.45, 7) is 6.20. The zero-order valence-electron chi connectivity index (χ0n) is 18.7. The molecule has 1 fully saturated rings. The van der Waals surface area contributed by atoms with Crippen molar-refractivity contribution in [3.8, 4) is 0 Å². The van der Waals surface area contributed by atoms with E-state index in [2.05, 4.69) is 16.0 Å². The zero-order valence-corrected chi connectivity index (χ0v) is 19.5. The van der Waals surface area contributed by atoms with Gasteiger partial charge >= 0.3 is 0 Å². The first-order valence-corrected chi connectivity index (χ1v) is 12.1. The minimum atomic E-state index is -3.58. The molecule has 2 aromatic carbocycles. The van der Waals surface area contributed by atoms with Gasteiger partial charge in [0.2, 0.25) is 21.8 Å². The lowest BCUT2D eigenvalue weighted by Gasteiger charge is -2.26. The summed E-state index contributed by atoms with van der Waals surface area (Å²) in [5.41, 5.74) is 3.54. The minimum absolute atomic E-state index is 0.00704. The fourth-order valence-electron chi connectivity index (χ4n) is 3.61. The van der Waals surface area contributed by atoms with E-state index in [1.807, 2.05) is 19.9 Å². The van der Waals surface area contributed by atoms with Gasteiger partial charge in [0.15, 0.2) is 0 Å². The van der Waals surface area contributed by atoms with Crippen LogP contribution in [0.3, 0.4) is 0 Å². The molecule has 9 heteroatoms. The molecule has 0 bridgehead atoms. The predicted octanol–water partition coefficient (Wildman–Crippen LogP) is 3.49. The first-order valence-electron chi connectivity index (χ1n) is 10.7.